The van der Waals surface area contributed by atoms with Crippen LogP contribution in [0.15, 0.2) is 0 Å². The van der Waals surface area contributed by atoms with Crippen LogP contribution >= 0.6 is 0 Å². The Hall–Kier alpha value is -0.370. The molecular weight excluding hydrogens is 150 g/mol. The number of rotatable bonds is 4. The SMILES string of the molecule is CN(CC=O)CC1CCCCC1. The lowest BCUT2D eigenvalue weighted by atomic mass is 9.89. The highest BCUT2D eigenvalue weighted by atomic mass is 16.1. The smallest absolute Gasteiger partial charge is 0.133 e. The number of carbonyl (C=O) groups excluding carboxylic acids is 1. The first kappa shape index (κ1) is 9.72. The number of likely N-dealkylation sites (N-methyl/N-ethyl adjacent to an activating group) is 1. The lowest BCUT2D eigenvalue weighted by molar-refractivity contribution is -0.108. The molecule has 0 unspecified atom stereocenters. The van der Waals surface area contributed by atoms with Crippen molar-refractivity contribution in [2.45, 2.75) is 32.1 Å². The van der Waals surface area contributed by atoms with Gasteiger partial charge in [-0.1, -0.05) is 19.3 Å². The largest absolute Gasteiger partial charge is 0.302 e. The summed E-state index contributed by atoms with van der Waals surface area (Å²) in [4.78, 5) is 12.3. The summed E-state index contributed by atoms with van der Waals surface area (Å²) in [6.45, 7) is 1.70. The van der Waals surface area contributed by atoms with Gasteiger partial charge in [-0.15, -0.1) is 0 Å². The highest BCUT2D eigenvalue weighted by Gasteiger charge is 2.14. The van der Waals surface area contributed by atoms with Crippen LogP contribution in [0.1, 0.15) is 32.1 Å². The third kappa shape index (κ3) is 3.35. The van der Waals surface area contributed by atoms with Crippen LogP contribution in [0.5, 0.6) is 0 Å². The predicted molar refractivity (Wildman–Crippen MR) is 50.1 cm³/mol. The molecule has 12 heavy (non-hydrogen) atoms. The zero-order valence-electron chi connectivity index (χ0n) is 7.96. The van der Waals surface area contributed by atoms with Gasteiger partial charge in [0, 0.05) is 6.54 Å². The van der Waals surface area contributed by atoms with Gasteiger partial charge in [-0.3, -0.25) is 4.90 Å². The summed E-state index contributed by atoms with van der Waals surface area (Å²) in [6, 6.07) is 0. The molecule has 0 spiro atoms. The summed E-state index contributed by atoms with van der Waals surface area (Å²) in [6.07, 6.45) is 7.91. The second-order valence-electron chi connectivity index (χ2n) is 3.89. The molecule has 2 nitrogen and oxygen atoms in total. The number of aldehydes is 1. The zero-order chi connectivity index (χ0) is 8.81. The fraction of sp³-hybridized carbons (Fsp3) is 0.900. The molecular formula is C10H19NO. The molecule has 0 aliphatic heterocycles. The van der Waals surface area contributed by atoms with Crippen molar-refractivity contribution in [3.05, 3.63) is 0 Å². The maximum Gasteiger partial charge on any atom is 0.133 e. The Labute approximate surface area is 74.9 Å². The Bertz CT molecular complexity index is 130. The molecule has 0 N–H and O–H groups in total. The number of nitrogens with zero attached hydrogens (tertiary/aromatic N) is 1. The molecule has 0 aromatic rings. The Morgan fingerprint density at radius 2 is 2.00 bits per heavy atom. The van der Waals surface area contributed by atoms with E-state index in [1.807, 2.05) is 7.05 Å². The third-order valence-corrected chi connectivity index (χ3v) is 2.68. The average Bonchev–Trinajstić information content (AvgIpc) is 2.06. The maximum absolute atomic E-state index is 10.2. The van der Waals surface area contributed by atoms with E-state index in [1.54, 1.807) is 0 Å². The fourth-order valence-corrected chi connectivity index (χ4v) is 2.01. The van der Waals surface area contributed by atoms with E-state index in [2.05, 4.69) is 4.90 Å². The van der Waals surface area contributed by atoms with E-state index < -0.39 is 0 Å². The van der Waals surface area contributed by atoms with Crippen LogP contribution in [0.3, 0.4) is 0 Å². The molecule has 0 aromatic carbocycles. The first-order valence-electron chi connectivity index (χ1n) is 4.95. The van der Waals surface area contributed by atoms with Crippen LogP contribution in [-0.2, 0) is 4.79 Å². The van der Waals surface area contributed by atoms with Crippen LogP contribution < -0.4 is 0 Å². The molecule has 0 radical (unpaired) electrons. The molecule has 2 heteroatoms. The molecule has 0 atom stereocenters. The van der Waals surface area contributed by atoms with Gasteiger partial charge in [-0.2, -0.15) is 0 Å². The summed E-state index contributed by atoms with van der Waals surface area (Å²) >= 11 is 0. The van der Waals surface area contributed by atoms with Gasteiger partial charge in [0.05, 0.1) is 6.54 Å². The van der Waals surface area contributed by atoms with E-state index in [-0.39, 0.29) is 0 Å². The molecule has 0 amide bonds. The quantitative estimate of drug-likeness (QED) is 0.597. The molecule has 0 saturated heterocycles. The van der Waals surface area contributed by atoms with Gasteiger partial charge in [0.25, 0.3) is 0 Å². The van der Waals surface area contributed by atoms with E-state index >= 15 is 0 Å². The standard InChI is InChI=1S/C10H19NO/c1-11(7-8-12)9-10-5-3-2-4-6-10/h8,10H,2-7,9H2,1H3. The molecule has 0 heterocycles. The van der Waals surface area contributed by atoms with Crippen molar-refractivity contribution in [1.82, 2.24) is 4.90 Å². The average molecular weight is 169 g/mol. The minimum Gasteiger partial charge on any atom is -0.302 e. The van der Waals surface area contributed by atoms with E-state index in [9.17, 15) is 4.79 Å². The van der Waals surface area contributed by atoms with Crippen LogP contribution in [-0.4, -0.2) is 31.3 Å². The van der Waals surface area contributed by atoms with Crippen LogP contribution in [0, 0.1) is 5.92 Å². The lowest BCUT2D eigenvalue weighted by Crippen LogP contribution is -2.28. The van der Waals surface area contributed by atoms with Gasteiger partial charge in [0.2, 0.25) is 0 Å². The molecule has 1 saturated carbocycles. The van der Waals surface area contributed by atoms with Gasteiger partial charge in [-0.05, 0) is 25.8 Å². The second-order valence-corrected chi connectivity index (χ2v) is 3.89. The summed E-state index contributed by atoms with van der Waals surface area (Å²) < 4.78 is 0. The summed E-state index contributed by atoms with van der Waals surface area (Å²) in [5.41, 5.74) is 0. The topological polar surface area (TPSA) is 20.3 Å². The highest BCUT2D eigenvalue weighted by molar-refractivity contribution is 5.51. The van der Waals surface area contributed by atoms with Crippen molar-refractivity contribution in [3.63, 3.8) is 0 Å². The number of hydrogen-bond donors (Lipinski definition) is 0. The molecule has 1 fully saturated rings. The van der Waals surface area contributed by atoms with Crippen molar-refractivity contribution in [3.8, 4) is 0 Å². The van der Waals surface area contributed by atoms with Gasteiger partial charge < -0.3 is 4.79 Å². The van der Waals surface area contributed by atoms with Gasteiger partial charge in [-0.25, -0.2) is 0 Å². The van der Waals surface area contributed by atoms with Crippen molar-refractivity contribution in [2.24, 2.45) is 5.92 Å². The summed E-state index contributed by atoms with van der Waals surface area (Å²) in [7, 11) is 2.03. The highest BCUT2D eigenvalue weighted by Crippen LogP contribution is 2.23. The zero-order valence-corrected chi connectivity index (χ0v) is 7.96. The monoisotopic (exact) mass is 169 g/mol. The van der Waals surface area contributed by atoms with E-state index in [1.165, 1.54) is 32.1 Å². The van der Waals surface area contributed by atoms with Gasteiger partial charge in [0.15, 0.2) is 0 Å². The third-order valence-electron chi connectivity index (χ3n) is 2.68. The predicted octanol–water partition coefficient (Wildman–Crippen LogP) is 1.70. The van der Waals surface area contributed by atoms with Crippen molar-refractivity contribution in [1.29, 1.82) is 0 Å². The van der Waals surface area contributed by atoms with Crippen LogP contribution in [0.2, 0.25) is 0 Å². The Morgan fingerprint density at radius 1 is 1.33 bits per heavy atom. The first-order valence-corrected chi connectivity index (χ1v) is 4.95. The summed E-state index contributed by atoms with van der Waals surface area (Å²) in [5.74, 6) is 0.851. The van der Waals surface area contributed by atoms with Crippen LogP contribution in [0.25, 0.3) is 0 Å². The maximum atomic E-state index is 10.2. The molecule has 0 bridgehead atoms. The number of hydrogen-bond acceptors (Lipinski definition) is 2. The van der Waals surface area contributed by atoms with Crippen molar-refractivity contribution >= 4 is 6.29 Å². The van der Waals surface area contributed by atoms with E-state index in [4.69, 9.17) is 0 Å². The minimum absolute atomic E-state index is 0.594. The number of carbonyl (C=O) groups is 1. The summed E-state index contributed by atoms with van der Waals surface area (Å²) in [5, 5.41) is 0. The van der Waals surface area contributed by atoms with E-state index in [0.29, 0.717) is 6.54 Å². The Kier molecular flexibility index (Phi) is 4.30. The second kappa shape index (κ2) is 5.31. The van der Waals surface area contributed by atoms with Crippen molar-refractivity contribution < 1.29 is 4.79 Å². The van der Waals surface area contributed by atoms with E-state index in [0.717, 1.165) is 18.7 Å². The van der Waals surface area contributed by atoms with Gasteiger partial charge >= 0.3 is 0 Å². The minimum atomic E-state index is 0.594. The normalized spacial score (nSPS) is 19.8. The molecule has 1 aliphatic carbocycles. The van der Waals surface area contributed by atoms with Crippen molar-refractivity contribution in [2.75, 3.05) is 20.1 Å². The Morgan fingerprint density at radius 3 is 2.58 bits per heavy atom. The van der Waals surface area contributed by atoms with Gasteiger partial charge in [0.1, 0.15) is 6.29 Å². The Balaban J connectivity index is 2.15. The lowest BCUT2D eigenvalue weighted by Gasteiger charge is -2.25. The first-order chi connectivity index (χ1) is 5.83. The molecule has 0 aromatic heterocycles. The molecule has 1 aliphatic rings. The van der Waals surface area contributed by atoms with Crippen LogP contribution in [0.4, 0.5) is 0 Å². The molecule has 70 valence electrons. The molecule has 1 rings (SSSR count). The fourth-order valence-electron chi connectivity index (χ4n) is 2.01.